The van der Waals surface area contributed by atoms with Gasteiger partial charge in [0.25, 0.3) is 0 Å². The maximum absolute atomic E-state index is 5.98. The lowest BCUT2D eigenvalue weighted by molar-refractivity contribution is 0.619. The Morgan fingerprint density at radius 2 is 2.21 bits per heavy atom. The van der Waals surface area contributed by atoms with Crippen LogP contribution in [0.15, 0.2) is 6.20 Å². The molecule has 0 aromatic carbocycles. The molecule has 2 N–H and O–H groups in total. The summed E-state index contributed by atoms with van der Waals surface area (Å²) >= 11 is 5.98. The summed E-state index contributed by atoms with van der Waals surface area (Å²) in [4.78, 5) is 8.48. The molecule has 0 spiro atoms. The Balaban J connectivity index is 2.78. The monoisotopic (exact) mass is 213 g/mol. The largest absolute Gasteiger partial charge is 0.330 e. The van der Waals surface area contributed by atoms with Crippen LogP contribution in [0, 0.1) is 5.92 Å². The molecule has 0 aliphatic rings. The molecular formula is C10H16ClN3. The Labute approximate surface area is 89.7 Å². The molecule has 1 heterocycles. The van der Waals surface area contributed by atoms with Crippen molar-refractivity contribution in [3.63, 3.8) is 0 Å². The third-order valence-corrected chi connectivity index (χ3v) is 2.19. The van der Waals surface area contributed by atoms with Gasteiger partial charge in [0.15, 0.2) is 0 Å². The van der Waals surface area contributed by atoms with Gasteiger partial charge >= 0.3 is 0 Å². The second-order valence-corrected chi connectivity index (χ2v) is 4.10. The molecule has 14 heavy (non-hydrogen) atoms. The molecule has 0 atom stereocenters. The number of aromatic nitrogens is 2. The van der Waals surface area contributed by atoms with Crippen LogP contribution in [0.1, 0.15) is 25.2 Å². The van der Waals surface area contributed by atoms with Crippen molar-refractivity contribution in [2.75, 3.05) is 6.54 Å². The van der Waals surface area contributed by atoms with Gasteiger partial charge in [-0.15, -0.1) is 0 Å². The van der Waals surface area contributed by atoms with Gasteiger partial charge in [-0.1, -0.05) is 25.4 Å². The van der Waals surface area contributed by atoms with Crippen LogP contribution in [0.2, 0.25) is 5.15 Å². The molecule has 1 aromatic rings. The molecule has 0 aliphatic carbocycles. The summed E-state index contributed by atoms with van der Waals surface area (Å²) in [5, 5.41) is 0.543. The Morgan fingerprint density at radius 3 is 2.71 bits per heavy atom. The molecule has 0 fully saturated rings. The third kappa shape index (κ3) is 3.24. The van der Waals surface area contributed by atoms with Crippen molar-refractivity contribution < 1.29 is 0 Å². The van der Waals surface area contributed by atoms with Gasteiger partial charge in [-0.2, -0.15) is 0 Å². The van der Waals surface area contributed by atoms with Crippen LogP contribution >= 0.6 is 11.6 Å². The van der Waals surface area contributed by atoms with Gasteiger partial charge in [-0.05, 0) is 18.9 Å². The van der Waals surface area contributed by atoms with Gasteiger partial charge in [0.1, 0.15) is 11.0 Å². The zero-order valence-electron chi connectivity index (χ0n) is 8.63. The molecular weight excluding hydrogens is 198 g/mol. The van der Waals surface area contributed by atoms with Crippen LogP contribution in [0.25, 0.3) is 0 Å². The van der Waals surface area contributed by atoms with Crippen LogP contribution < -0.4 is 5.73 Å². The number of hydrogen-bond acceptors (Lipinski definition) is 3. The molecule has 1 aromatic heterocycles. The van der Waals surface area contributed by atoms with E-state index in [9.17, 15) is 0 Å². The number of nitrogens with zero attached hydrogens (tertiary/aromatic N) is 2. The van der Waals surface area contributed by atoms with E-state index in [1.807, 2.05) is 0 Å². The smallest absolute Gasteiger partial charge is 0.135 e. The van der Waals surface area contributed by atoms with E-state index in [1.54, 1.807) is 6.20 Å². The summed E-state index contributed by atoms with van der Waals surface area (Å²) in [6.45, 7) is 4.84. The van der Waals surface area contributed by atoms with Crippen LogP contribution in [0.4, 0.5) is 0 Å². The summed E-state index contributed by atoms with van der Waals surface area (Å²) in [6.07, 6.45) is 3.38. The molecule has 0 radical (unpaired) electrons. The maximum atomic E-state index is 5.98. The molecule has 78 valence electrons. The second kappa shape index (κ2) is 5.27. The Morgan fingerprint density at radius 1 is 1.50 bits per heavy atom. The molecule has 3 nitrogen and oxygen atoms in total. The lowest BCUT2D eigenvalue weighted by atomic mass is 10.1. The quantitative estimate of drug-likeness (QED) is 0.777. The number of nitrogens with two attached hydrogens (primary N) is 1. The molecule has 4 heteroatoms. The van der Waals surface area contributed by atoms with Gasteiger partial charge in [-0.25, -0.2) is 9.97 Å². The van der Waals surface area contributed by atoms with Crippen molar-refractivity contribution in [1.29, 1.82) is 0 Å². The first-order valence-electron chi connectivity index (χ1n) is 4.83. The highest BCUT2D eigenvalue weighted by molar-refractivity contribution is 6.30. The molecule has 0 unspecified atom stereocenters. The summed E-state index contributed by atoms with van der Waals surface area (Å²) in [7, 11) is 0. The van der Waals surface area contributed by atoms with E-state index in [0.29, 0.717) is 17.6 Å². The average molecular weight is 214 g/mol. The highest BCUT2D eigenvalue weighted by Crippen LogP contribution is 2.13. The molecule has 1 rings (SSSR count). The van der Waals surface area contributed by atoms with E-state index in [0.717, 1.165) is 24.2 Å². The third-order valence-electron chi connectivity index (χ3n) is 1.87. The fourth-order valence-corrected chi connectivity index (χ4v) is 1.45. The van der Waals surface area contributed by atoms with E-state index in [2.05, 4.69) is 23.8 Å². The van der Waals surface area contributed by atoms with Gasteiger partial charge in [0, 0.05) is 18.2 Å². The Bertz CT molecular complexity index is 299. The number of hydrogen-bond donors (Lipinski definition) is 1. The molecule has 0 saturated heterocycles. The zero-order valence-corrected chi connectivity index (χ0v) is 9.38. The summed E-state index contributed by atoms with van der Waals surface area (Å²) in [5.41, 5.74) is 6.37. The van der Waals surface area contributed by atoms with E-state index in [-0.39, 0.29) is 0 Å². The topological polar surface area (TPSA) is 51.8 Å². The lowest BCUT2D eigenvalue weighted by Crippen LogP contribution is -2.07. The number of rotatable bonds is 4. The fraction of sp³-hybridized carbons (Fsp3) is 0.600. The Hall–Kier alpha value is -0.670. The van der Waals surface area contributed by atoms with Crippen molar-refractivity contribution in [2.45, 2.75) is 26.7 Å². The minimum atomic E-state index is 0.543. The molecule has 0 bridgehead atoms. The van der Waals surface area contributed by atoms with E-state index < -0.39 is 0 Å². The van der Waals surface area contributed by atoms with Crippen LogP contribution in [0.5, 0.6) is 0 Å². The van der Waals surface area contributed by atoms with Crippen molar-refractivity contribution in [3.05, 3.63) is 22.7 Å². The lowest BCUT2D eigenvalue weighted by Gasteiger charge is -2.06. The highest BCUT2D eigenvalue weighted by atomic mass is 35.5. The van der Waals surface area contributed by atoms with E-state index in [4.69, 9.17) is 17.3 Å². The fourth-order valence-electron chi connectivity index (χ4n) is 1.21. The SMILES string of the molecule is CC(C)Cc1ncc(CCN)c(Cl)n1. The van der Waals surface area contributed by atoms with Crippen LogP contribution in [-0.4, -0.2) is 16.5 Å². The first-order valence-corrected chi connectivity index (χ1v) is 5.21. The number of halogens is 1. The maximum Gasteiger partial charge on any atom is 0.135 e. The van der Waals surface area contributed by atoms with Crippen LogP contribution in [0.3, 0.4) is 0 Å². The predicted molar refractivity (Wildman–Crippen MR) is 58.3 cm³/mol. The minimum Gasteiger partial charge on any atom is -0.330 e. The zero-order chi connectivity index (χ0) is 10.6. The molecule has 0 saturated carbocycles. The van der Waals surface area contributed by atoms with Gasteiger partial charge in [0.05, 0.1) is 0 Å². The first-order chi connectivity index (χ1) is 6.63. The van der Waals surface area contributed by atoms with Gasteiger partial charge in [-0.3, -0.25) is 0 Å². The van der Waals surface area contributed by atoms with Crippen LogP contribution in [-0.2, 0) is 12.8 Å². The van der Waals surface area contributed by atoms with E-state index in [1.165, 1.54) is 0 Å². The van der Waals surface area contributed by atoms with Gasteiger partial charge in [0.2, 0.25) is 0 Å². The molecule has 0 aliphatic heterocycles. The standard InChI is InChI=1S/C10H16ClN3/c1-7(2)5-9-13-6-8(3-4-12)10(11)14-9/h6-7H,3-5,12H2,1-2H3. The van der Waals surface area contributed by atoms with Crippen molar-refractivity contribution in [3.8, 4) is 0 Å². The summed E-state index contributed by atoms with van der Waals surface area (Å²) in [5.74, 6) is 1.36. The minimum absolute atomic E-state index is 0.543. The van der Waals surface area contributed by atoms with Crippen molar-refractivity contribution in [1.82, 2.24) is 9.97 Å². The van der Waals surface area contributed by atoms with Crippen molar-refractivity contribution >= 4 is 11.6 Å². The predicted octanol–water partition coefficient (Wildman–Crippen LogP) is 1.83. The first kappa shape index (κ1) is 11.4. The van der Waals surface area contributed by atoms with E-state index >= 15 is 0 Å². The Kier molecular flexibility index (Phi) is 4.29. The normalized spacial score (nSPS) is 10.9. The second-order valence-electron chi connectivity index (χ2n) is 3.74. The summed E-state index contributed by atoms with van der Waals surface area (Å²) < 4.78 is 0. The van der Waals surface area contributed by atoms with Gasteiger partial charge < -0.3 is 5.73 Å². The van der Waals surface area contributed by atoms with Crippen molar-refractivity contribution in [2.24, 2.45) is 11.7 Å². The summed E-state index contributed by atoms with van der Waals surface area (Å²) in [6, 6.07) is 0. The average Bonchev–Trinajstić information content (AvgIpc) is 2.09. The molecule has 0 amide bonds. The highest BCUT2D eigenvalue weighted by Gasteiger charge is 2.05.